The molecule has 5 nitrogen and oxygen atoms in total. The molecule has 0 atom stereocenters. The van der Waals surface area contributed by atoms with E-state index >= 15 is 0 Å². The van der Waals surface area contributed by atoms with Gasteiger partial charge >= 0.3 is 5.97 Å². The van der Waals surface area contributed by atoms with E-state index in [1.807, 2.05) is 13.8 Å². The van der Waals surface area contributed by atoms with Crippen molar-refractivity contribution in [3.63, 3.8) is 0 Å². The second-order valence-corrected chi connectivity index (χ2v) is 4.32. The lowest BCUT2D eigenvalue weighted by Gasteiger charge is -2.07. The Bertz CT molecular complexity index is 445. The second kappa shape index (κ2) is 5.63. The number of hydrogen-bond acceptors (Lipinski definition) is 4. The number of carbonyl (C=O) groups excluding carboxylic acids is 1. The summed E-state index contributed by atoms with van der Waals surface area (Å²) in [5.41, 5.74) is -0.174. The zero-order valence-electron chi connectivity index (χ0n) is 9.47. The van der Waals surface area contributed by atoms with E-state index < -0.39 is 10.9 Å². The molecule has 0 heterocycles. The molecule has 1 rings (SSSR count). The lowest BCUT2D eigenvalue weighted by atomic mass is 10.2. The Hall–Kier alpha value is -1.62. The number of benzene rings is 1. The Morgan fingerprint density at radius 3 is 2.71 bits per heavy atom. The summed E-state index contributed by atoms with van der Waals surface area (Å²) in [6.07, 6.45) is 0. The van der Waals surface area contributed by atoms with E-state index in [0.717, 1.165) is 6.07 Å². The van der Waals surface area contributed by atoms with E-state index in [0.29, 0.717) is 0 Å². The van der Waals surface area contributed by atoms with Crippen molar-refractivity contribution in [2.24, 2.45) is 5.92 Å². The Morgan fingerprint density at radius 2 is 2.18 bits per heavy atom. The van der Waals surface area contributed by atoms with Gasteiger partial charge in [0.05, 0.1) is 17.1 Å². The molecule has 0 spiro atoms. The number of halogens is 1. The van der Waals surface area contributed by atoms with Gasteiger partial charge in [-0.2, -0.15) is 0 Å². The maximum absolute atomic E-state index is 11.5. The van der Waals surface area contributed by atoms with Crippen LogP contribution >= 0.6 is 11.6 Å². The SMILES string of the molecule is CC(C)COC(=O)c1ccc(Cl)c([N+](=O)[O-])c1. The Labute approximate surface area is 103 Å². The number of rotatable bonds is 4. The monoisotopic (exact) mass is 257 g/mol. The first-order valence-corrected chi connectivity index (χ1v) is 5.40. The van der Waals surface area contributed by atoms with Crippen molar-refractivity contribution in [1.29, 1.82) is 0 Å². The minimum atomic E-state index is -0.637. The smallest absolute Gasteiger partial charge is 0.338 e. The van der Waals surface area contributed by atoms with Crippen LogP contribution in [0.2, 0.25) is 5.02 Å². The zero-order chi connectivity index (χ0) is 13.0. The first-order valence-electron chi connectivity index (χ1n) is 5.03. The lowest BCUT2D eigenvalue weighted by molar-refractivity contribution is -0.384. The molecule has 0 aromatic heterocycles. The third kappa shape index (κ3) is 3.71. The summed E-state index contributed by atoms with van der Waals surface area (Å²) in [5.74, 6) is -0.375. The van der Waals surface area contributed by atoms with Crippen molar-refractivity contribution in [3.05, 3.63) is 38.9 Å². The van der Waals surface area contributed by atoms with Crippen molar-refractivity contribution < 1.29 is 14.5 Å². The number of carbonyl (C=O) groups is 1. The molecule has 0 fully saturated rings. The average Bonchev–Trinajstić information content (AvgIpc) is 2.26. The van der Waals surface area contributed by atoms with Gasteiger partial charge in [-0.1, -0.05) is 25.4 Å². The highest BCUT2D eigenvalue weighted by atomic mass is 35.5. The predicted molar refractivity (Wildman–Crippen MR) is 63.2 cm³/mol. The molecule has 0 radical (unpaired) electrons. The molecule has 0 aliphatic carbocycles. The highest BCUT2D eigenvalue weighted by molar-refractivity contribution is 6.32. The molecule has 0 aliphatic rings. The van der Waals surface area contributed by atoms with Gasteiger partial charge in [0.25, 0.3) is 5.69 Å². The fraction of sp³-hybridized carbons (Fsp3) is 0.364. The van der Waals surface area contributed by atoms with Gasteiger partial charge in [-0.3, -0.25) is 10.1 Å². The molecule has 0 unspecified atom stereocenters. The zero-order valence-corrected chi connectivity index (χ0v) is 10.2. The Kier molecular flexibility index (Phi) is 4.45. The summed E-state index contributed by atoms with van der Waals surface area (Å²) in [5, 5.41) is 10.6. The predicted octanol–water partition coefficient (Wildman–Crippen LogP) is 3.06. The third-order valence-electron chi connectivity index (χ3n) is 1.93. The van der Waals surface area contributed by atoms with Crippen LogP contribution in [0.15, 0.2) is 18.2 Å². The average molecular weight is 258 g/mol. The standard InChI is InChI=1S/C11H12ClNO4/c1-7(2)6-17-11(14)8-3-4-9(12)10(5-8)13(15)16/h3-5,7H,6H2,1-2H3. The fourth-order valence-electron chi connectivity index (χ4n) is 1.11. The van der Waals surface area contributed by atoms with Gasteiger partial charge < -0.3 is 4.74 Å². The van der Waals surface area contributed by atoms with E-state index in [9.17, 15) is 14.9 Å². The van der Waals surface area contributed by atoms with Crippen LogP contribution in [-0.2, 0) is 4.74 Å². The normalized spacial score (nSPS) is 10.4. The van der Waals surface area contributed by atoms with Crippen molar-refractivity contribution in [1.82, 2.24) is 0 Å². The summed E-state index contributed by atoms with van der Waals surface area (Å²) >= 11 is 5.63. The minimum Gasteiger partial charge on any atom is -0.462 e. The topological polar surface area (TPSA) is 69.4 Å². The maximum Gasteiger partial charge on any atom is 0.338 e. The van der Waals surface area contributed by atoms with E-state index in [1.54, 1.807) is 0 Å². The Balaban J connectivity index is 2.88. The van der Waals surface area contributed by atoms with Crippen LogP contribution < -0.4 is 0 Å². The first kappa shape index (κ1) is 13.4. The highest BCUT2D eigenvalue weighted by Gasteiger charge is 2.17. The molecule has 1 aromatic carbocycles. The van der Waals surface area contributed by atoms with Gasteiger partial charge in [0, 0.05) is 6.07 Å². The van der Waals surface area contributed by atoms with Crippen LogP contribution in [0.5, 0.6) is 0 Å². The molecule has 92 valence electrons. The van der Waals surface area contributed by atoms with Gasteiger partial charge in [0.1, 0.15) is 5.02 Å². The fourth-order valence-corrected chi connectivity index (χ4v) is 1.29. The molecular formula is C11H12ClNO4. The van der Waals surface area contributed by atoms with Crippen LogP contribution in [0, 0.1) is 16.0 Å². The molecular weight excluding hydrogens is 246 g/mol. The largest absolute Gasteiger partial charge is 0.462 e. The minimum absolute atomic E-state index is 0.00425. The number of nitro benzene ring substituents is 1. The van der Waals surface area contributed by atoms with Crippen LogP contribution in [0.4, 0.5) is 5.69 Å². The number of nitro groups is 1. The van der Waals surface area contributed by atoms with Crippen molar-refractivity contribution in [2.45, 2.75) is 13.8 Å². The third-order valence-corrected chi connectivity index (χ3v) is 2.25. The van der Waals surface area contributed by atoms with E-state index in [4.69, 9.17) is 16.3 Å². The van der Waals surface area contributed by atoms with Crippen molar-refractivity contribution in [2.75, 3.05) is 6.61 Å². The van der Waals surface area contributed by atoms with Crippen molar-refractivity contribution in [3.8, 4) is 0 Å². The van der Waals surface area contributed by atoms with Gasteiger partial charge in [0.15, 0.2) is 0 Å². The molecule has 0 aliphatic heterocycles. The van der Waals surface area contributed by atoms with Crippen molar-refractivity contribution >= 4 is 23.3 Å². The van der Waals surface area contributed by atoms with Crippen LogP contribution in [0.3, 0.4) is 0 Å². The molecule has 0 amide bonds. The number of nitrogens with zero attached hydrogens (tertiary/aromatic N) is 1. The van der Waals surface area contributed by atoms with Gasteiger partial charge in [-0.25, -0.2) is 4.79 Å². The van der Waals surface area contributed by atoms with E-state index in [1.165, 1.54) is 12.1 Å². The van der Waals surface area contributed by atoms with Crippen LogP contribution in [0.1, 0.15) is 24.2 Å². The van der Waals surface area contributed by atoms with Crippen LogP contribution in [0.25, 0.3) is 0 Å². The summed E-state index contributed by atoms with van der Waals surface area (Å²) in [7, 11) is 0. The molecule has 0 bridgehead atoms. The molecule has 6 heteroatoms. The number of esters is 1. The quantitative estimate of drug-likeness (QED) is 0.472. The van der Waals surface area contributed by atoms with Gasteiger partial charge in [-0.05, 0) is 18.1 Å². The molecule has 1 aromatic rings. The number of hydrogen-bond donors (Lipinski definition) is 0. The lowest BCUT2D eigenvalue weighted by Crippen LogP contribution is -2.10. The second-order valence-electron chi connectivity index (χ2n) is 3.92. The summed E-state index contributed by atoms with van der Waals surface area (Å²) < 4.78 is 4.96. The molecule has 17 heavy (non-hydrogen) atoms. The van der Waals surface area contributed by atoms with E-state index in [2.05, 4.69) is 0 Å². The molecule has 0 N–H and O–H groups in total. The molecule has 0 saturated heterocycles. The summed E-state index contributed by atoms with van der Waals surface area (Å²) in [4.78, 5) is 21.5. The molecule has 0 saturated carbocycles. The highest BCUT2D eigenvalue weighted by Crippen LogP contribution is 2.25. The number of ether oxygens (including phenoxy) is 1. The van der Waals surface area contributed by atoms with Crippen LogP contribution in [-0.4, -0.2) is 17.5 Å². The summed E-state index contributed by atoms with van der Waals surface area (Å²) in [6.45, 7) is 4.07. The van der Waals surface area contributed by atoms with Gasteiger partial charge in [0.2, 0.25) is 0 Å². The first-order chi connectivity index (χ1) is 7.91. The van der Waals surface area contributed by atoms with E-state index in [-0.39, 0.29) is 28.8 Å². The maximum atomic E-state index is 11.5. The van der Waals surface area contributed by atoms with Gasteiger partial charge in [-0.15, -0.1) is 0 Å². The Morgan fingerprint density at radius 1 is 1.53 bits per heavy atom. The summed E-state index contributed by atoms with van der Waals surface area (Å²) in [6, 6.07) is 3.83.